The number of methoxy groups -OCH3 is 2. The molecule has 2 rings (SSSR count). The molecule has 0 radical (unpaired) electrons. The first kappa shape index (κ1) is 20.3. The van der Waals surface area contributed by atoms with Gasteiger partial charge in [-0.15, -0.1) is 0 Å². The molecule has 142 valence electrons. The number of carbonyl (C=O) groups is 1. The quantitative estimate of drug-likeness (QED) is 0.399. The summed E-state index contributed by atoms with van der Waals surface area (Å²) in [6.45, 7) is 0. The fourth-order valence-electron chi connectivity index (χ4n) is 2.45. The first-order valence-corrected chi connectivity index (χ1v) is 8.06. The Morgan fingerprint density at radius 3 is 2.11 bits per heavy atom. The second-order valence-electron chi connectivity index (χ2n) is 5.80. The zero-order valence-corrected chi connectivity index (χ0v) is 15.5. The summed E-state index contributed by atoms with van der Waals surface area (Å²) in [6, 6.07) is 11.1. The number of carbonyl (C=O) groups excluding carboxylic acids is 1. The summed E-state index contributed by atoms with van der Waals surface area (Å²) < 4.78 is 40.3. The van der Waals surface area contributed by atoms with E-state index in [0.717, 1.165) is 0 Å². The molecule has 0 aliphatic heterocycles. The molecule has 0 unspecified atom stereocenters. The molecule has 0 heterocycles. The van der Waals surface area contributed by atoms with Crippen LogP contribution in [0.2, 0.25) is 0 Å². The third-order valence-corrected chi connectivity index (χ3v) is 3.68. The second-order valence-corrected chi connectivity index (χ2v) is 5.80. The summed E-state index contributed by atoms with van der Waals surface area (Å²) in [5, 5.41) is 0. The third kappa shape index (κ3) is 5.23. The van der Waals surface area contributed by atoms with E-state index in [4.69, 9.17) is 9.47 Å². The van der Waals surface area contributed by atoms with Gasteiger partial charge in [-0.3, -0.25) is 4.79 Å². The van der Waals surface area contributed by atoms with Crippen molar-refractivity contribution >= 4 is 18.8 Å². The van der Waals surface area contributed by atoms with E-state index in [1.54, 1.807) is 56.6 Å². The van der Waals surface area contributed by atoms with E-state index in [0.29, 0.717) is 22.6 Å². The van der Waals surface area contributed by atoms with Crippen LogP contribution >= 0.6 is 0 Å². The Bertz CT molecular complexity index is 823. The lowest BCUT2D eigenvalue weighted by Crippen LogP contribution is -2.14. The van der Waals surface area contributed by atoms with Gasteiger partial charge < -0.3 is 19.0 Å². The highest BCUT2D eigenvalue weighted by molar-refractivity contribution is 6.36. The monoisotopic (exact) mass is 375 g/mol. The number of halogens is 2. The maximum absolute atomic E-state index is 13.1. The number of nitrogens with zero attached hydrogens (tertiary/aromatic N) is 1. The van der Waals surface area contributed by atoms with Crippen molar-refractivity contribution in [2.45, 2.75) is 0 Å². The lowest BCUT2D eigenvalue weighted by molar-refractivity contribution is 0.105. The summed E-state index contributed by atoms with van der Waals surface area (Å²) in [6.07, 6.45) is 1.63. The minimum Gasteiger partial charge on any atom is -0.504 e. The molecule has 0 aliphatic carbocycles. The molecule has 0 bridgehead atoms. The molecule has 2 aromatic rings. The fraction of sp³-hybridized carbons (Fsp3) is 0.211. The van der Waals surface area contributed by atoms with Crippen molar-refractivity contribution in [1.29, 1.82) is 0 Å². The van der Waals surface area contributed by atoms with Crippen LogP contribution in [0.25, 0.3) is 5.57 Å². The standard InChI is InChI=1S/C19H20BF2NO4/c1-23(2)12-17(13-5-7-14(25-3)8-6-13)19(24)16-10-9-15(26-4)11-18(16)27-20(21)22/h5-12H,1-4H3/b17-12-. The van der Waals surface area contributed by atoms with Crippen molar-refractivity contribution in [3.05, 3.63) is 59.8 Å². The van der Waals surface area contributed by atoms with Crippen molar-refractivity contribution in [3.8, 4) is 17.2 Å². The van der Waals surface area contributed by atoms with Crippen LogP contribution < -0.4 is 14.1 Å². The van der Waals surface area contributed by atoms with Crippen LogP contribution in [0, 0.1) is 0 Å². The van der Waals surface area contributed by atoms with E-state index in [9.17, 15) is 13.4 Å². The predicted octanol–water partition coefficient (Wildman–Crippen LogP) is 3.79. The van der Waals surface area contributed by atoms with Gasteiger partial charge in [-0.05, 0) is 29.8 Å². The summed E-state index contributed by atoms with van der Waals surface area (Å²) in [5.41, 5.74) is 0.959. The highest BCUT2D eigenvalue weighted by atomic mass is 19.2. The molecular weight excluding hydrogens is 355 g/mol. The zero-order valence-electron chi connectivity index (χ0n) is 15.5. The topological polar surface area (TPSA) is 48.0 Å². The van der Waals surface area contributed by atoms with Crippen molar-refractivity contribution < 1.29 is 27.6 Å². The number of benzene rings is 2. The van der Waals surface area contributed by atoms with Gasteiger partial charge in [0.05, 0.1) is 19.8 Å². The lowest BCUT2D eigenvalue weighted by atomic mass is 9.96. The van der Waals surface area contributed by atoms with Crippen LogP contribution in [0.15, 0.2) is 48.7 Å². The maximum Gasteiger partial charge on any atom is 0.796 e. The van der Waals surface area contributed by atoms with Gasteiger partial charge in [-0.2, -0.15) is 0 Å². The highest BCUT2D eigenvalue weighted by Gasteiger charge is 2.25. The smallest absolute Gasteiger partial charge is 0.504 e. The SMILES string of the molecule is COc1ccc(/C(=C/N(C)C)C(=O)c2ccc(OC)cc2OB(F)F)cc1. The van der Waals surface area contributed by atoms with Gasteiger partial charge in [0.1, 0.15) is 17.2 Å². The molecule has 0 spiro atoms. The van der Waals surface area contributed by atoms with E-state index in [1.807, 2.05) is 0 Å². The Morgan fingerprint density at radius 1 is 1.00 bits per heavy atom. The molecule has 8 heteroatoms. The first-order chi connectivity index (χ1) is 12.8. The Balaban J connectivity index is 2.52. The minimum atomic E-state index is -3.06. The van der Waals surface area contributed by atoms with Crippen LogP contribution in [-0.4, -0.2) is 46.5 Å². The van der Waals surface area contributed by atoms with Gasteiger partial charge in [0.2, 0.25) is 0 Å². The Hall–Kier alpha value is -3.03. The van der Waals surface area contributed by atoms with Crippen LogP contribution in [0.5, 0.6) is 17.2 Å². The molecule has 0 aliphatic rings. The number of hydrogen-bond donors (Lipinski definition) is 0. The van der Waals surface area contributed by atoms with Crippen LogP contribution in [-0.2, 0) is 0 Å². The number of allylic oxidation sites excluding steroid dienone is 1. The second kappa shape index (κ2) is 9.07. The first-order valence-electron chi connectivity index (χ1n) is 8.06. The molecule has 0 saturated carbocycles. The van der Waals surface area contributed by atoms with Crippen molar-refractivity contribution in [2.75, 3.05) is 28.3 Å². The van der Waals surface area contributed by atoms with E-state index in [-0.39, 0.29) is 11.3 Å². The average Bonchev–Trinajstić information content (AvgIpc) is 2.65. The number of ether oxygens (including phenoxy) is 2. The highest BCUT2D eigenvalue weighted by Crippen LogP contribution is 2.31. The van der Waals surface area contributed by atoms with Crippen molar-refractivity contribution in [3.63, 3.8) is 0 Å². The number of Topliss-reactive ketones (excluding diaryl/α,β-unsaturated/α-hetero) is 1. The molecule has 5 nitrogen and oxygen atoms in total. The van der Waals surface area contributed by atoms with Crippen LogP contribution in [0.4, 0.5) is 8.63 Å². The van der Waals surface area contributed by atoms with Crippen molar-refractivity contribution in [1.82, 2.24) is 4.90 Å². The molecule has 2 aromatic carbocycles. The van der Waals surface area contributed by atoms with Gasteiger partial charge in [-0.1, -0.05) is 12.1 Å². The lowest BCUT2D eigenvalue weighted by Gasteiger charge is -2.15. The zero-order chi connectivity index (χ0) is 20.0. The molecule has 0 saturated heterocycles. The minimum absolute atomic E-state index is 0.0139. The number of ketones is 1. The molecule has 0 aromatic heterocycles. The molecule has 27 heavy (non-hydrogen) atoms. The van der Waals surface area contributed by atoms with E-state index < -0.39 is 13.3 Å². The van der Waals surface area contributed by atoms with Gasteiger partial charge in [0, 0.05) is 31.9 Å². The average molecular weight is 375 g/mol. The van der Waals surface area contributed by atoms with E-state index in [2.05, 4.69) is 4.65 Å². The van der Waals surface area contributed by atoms with Crippen LogP contribution in [0.1, 0.15) is 15.9 Å². The molecule has 0 fully saturated rings. The predicted molar refractivity (Wildman–Crippen MR) is 101 cm³/mol. The molecule has 0 atom stereocenters. The van der Waals surface area contributed by atoms with E-state index in [1.165, 1.54) is 25.3 Å². The van der Waals surface area contributed by atoms with Gasteiger partial charge >= 0.3 is 7.47 Å². The third-order valence-electron chi connectivity index (χ3n) is 3.68. The van der Waals surface area contributed by atoms with Crippen molar-refractivity contribution in [2.24, 2.45) is 0 Å². The van der Waals surface area contributed by atoms with Gasteiger partial charge in [0.25, 0.3) is 0 Å². The summed E-state index contributed by atoms with van der Waals surface area (Å²) in [4.78, 5) is 14.8. The summed E-state index contributed by atoms with van der Waals surface area (Å²) in [7, 11) is 3.41. The summed E-state index contributed by atoms with van der Waals surface area (Å²) in [5.74, 6) is 0.256. The molecular formula is C19H20BF2NO4. The van der Waals surface area contributed by atoms with Gasteiger partial charge in [-0.25, -0.2) is 8.63 Å². The molecule has 0 N–H and O–H groups in total. The normalized spacial score (nSPS) is 11.0. The Kier molecular flexibility index (Phi) is 6.82. The van der Waals surface area contributed by atoms with Gasteiger partial charge in [0.15, 0.2) is 5.78 Å². The Labute approximate surface area is 157 Å². The number of rotatable bonds is 8. The molecule has 0 amide bonds. The Morgan fingerprint density at radius 2 is 1.59 bits per heavy atom. The largest absolute Gasteiger partial charge is 0.796 e. The summed E-state index contributed by atoms with van der Waals surface area (Å²) >= 11 is 0. The fourth-order valence-corrected chi connectivity index (χ4v) is 2.45. The van der Waals surface area contributed by atoms with E-state index >= 15 is 0 Å². The van der Waals surface area contributed by atoms with Crippen LogP contribution in [0.3, 0.4) is 0 Å². The maximum atomic E-state index is 13.1. The number of hydrogen-bond acceptors (Lipinski definition) is 5.